The monoisotopic (exact) mass is 332 g/mol. The number of likely N-dealkylation sites (tertiary alicyclic amines) is 1. The van der Waals surface area contributed by atoms with Crippen molar-refractivity contribution in [3.63, 3.8) is 0 Å². The van der Waals surface area contributed by atoms with Crippen LogP contribution in [0.2, 0.25) is 0 Å². The maximum absolute atomic E-state index is 12.7. The van der Waals surface area contributed by atoms with Crippen LogP contribution in [0.5, 0.6) is 11.5 Å². The van der Waals surface area contributed by atoms with E-state index in [1.807, 2.05) is 17.0 Å². The molecule has 2 heterocycles. The molecule has 0 aliphatic carbocycles. The topological polar surface area (TPSA) is 67.9 Å². The van der Waals surface area contributed by atoms with E-state index < -0.39 is 0 Å². The molecular formula is C18H24N2O4. The number of fused-ring (bicyclic) bond motifs is 1. The molecule has 2 fully saturated rings. The van der Waals surface area contributed by atoms with Crippen molar-refractivity contribution in [2.45, 2.75) is 31.7 Å². The van der Waals surface area contributed by atoms with Gasteiger partial charge in [0.15, 0.2) is 0 Å². The van der Waals surface area contributed by atoms with Crippen LogP contribution in [-0.4, -0.2) is 50.1 Å². The predicted octanol–water partition coefficient (Wildman–Crippen LogP) is 1.37. The summed E-state index contributed by atoms with van der Waals surface area (Å²) in [5.74, 6) is 1.91. The van der Waals surface area contributed by atoms with E-state index in [2.05, 4.69) is 5.32 Å². The lowest BCUT2D eigenvalue weighted by Crippen LogP contribution is -2.39. The Hall–Kier alpha value is -2.24. The maximum atomic E-state index is 12.7. The van der Waals surface area contributed by atoms with Gasteiger partial charge in [0.25, 0.3) is 0 Å². The first-order chi connectivity index (χ1) is 11.6. The highest BCUT2D eigenvalue weighted by Crippen LogP contribution is 2.27. The third-order valence-electron chi connectivity index (χ3n) is 4.89. The van der Waals surface area contributed by atoms with Gasteiger partial charge in [-0.15, -0.1) is 0 Å². The zero-order valence-corrected chi connectivity index (χ0v) is 14.2. The number of hydrogen-bond acceptors (Lipinski definition) is 4. The molecule has 130 valence electrons. The van der Waals surface area contributed by atoms with Crippen LogP contribution in [-0.2, 0) is 16.0 Å². The quantitative estimate of drug-likeness (QED) is 0.904. The molecule has 2 aliphatic heterocycles. The SMILES string of the molecule is COc1cc(CC(=O)N2CC3CCCC(=O)NC3C2)cc(OC)c1. The van der Waals surface area contributed by atoms with Gasteiger partial charge in [0.05, 0.1) is 26.7 Å². The number of carbonyl (C=O) groups is 2. The van der Waals surface area contributed by atoms with Gasteiger partial charge < -0.3 is 19.7 Å². The Labute approximate surface area is 142 Å². The zero-order valence-electron chi connectivity index (χ0n) is 14.2. The third kappa shape index (κ3) is 3.63. The van der Waals surface area contributed by atoms with E-state index in [4.69, 9.17) is 9.47 Å². The highest BCUT2D eigenvalue weighted by atomic mass is 16.5. The van der Waals surface area contributed by atoms with E-state index in [9.17, 15) is 9.59 Å². The third-order valence-corrected chi connectivity index (χ3v) is 4.89. The van der Waals surface area contributed by atoms with Crippen LogP contribution in [0, 0.1) is 5.92 Å². The molecule has 2 saturated heterocycles. The molecule has 0 spiro atoms. The van der Waals surface area contributed by atoms with Crippen molar-refractivity contribution >= 4 is 11.8 Å². The van der Waals surface area contributed by atoms with E-state index in [-0.39, 0.29) is 17.9 Å². The molecule has 6 heteroatoms. The zero-order chi connectivity index (χ0) is 17.1. The summed E-state index contributed by atoms with van der Waals surface area (Å²) in [6.45, 7) is 1.33. The fraction of sp³-hybridized carbons (Fsp3) is 0.556. The molecule has 2 atom stereocenters. The molecule has 1 aromatic rings. The van der Waals surface area contributed by atoms with Gasteiger partial charge in [-0.05, 0) is 36.5 Å². The molecule has 2 amide bonds. The van der Waals surface area contributed by atoms with Crippen molar-refractivity contribution in [3.8, 4) is 11.5 Å². The maximum Gasteiger partial charge on any atom is 0.227 e. The van der Waals surface area contributed by atoms with Gasteiger partial charge in [-0.25, -0.2) is 0 Å². The predicted molar refractivity (Wildman–Crippen MR) is 89.1 cm³/mol. The average molecular weight is 332 g/mol. The second-order valence-electron chi connectivity index (χ2n) is 6.52. The Morgan fingerprint density at radius 2 is 1.92 bits per heavy atom. The van der Waals surface area contributed by atoms with Gasteiger partial charge in [0, 0.05) is 25.6 Å². The van der Waals surface area contributed by atoms with Gasteiger partial charge in [-0.2, -0.15) is 0 Å². The molecule has 2 aliphatic rings. The molecule has 1 N–H and O–H groups in total. The first-order valence-corrected chi connectivity index (χ1v) is 8.38. The van der Waals surface area contributed by atoms with Crippen molar-refractivity contribution in [3.05, 3.63) is 23.8 Å². The highest BCUT2D eigenvalue weighted by molar-refractivity contribution is 5.80. The largest absolute Gasteiger partial charge is 0.497 e. The lowest BCUT2D eigenvalue weighted by molar-refractivity contribution is -0.130. The fourth-order valence-corrected chi connectivity index (χ4v) is 3.59. The molecule has 24 heavy (non-hydrogen) atoms. The minimum absolute atomic E-state index is 0.0765. The number of methoxy groups -OCH3 is 2. The van der Waals surface area contributed by atoms with E-state index in [0.29, 0.717) is 36.8 Å². The fourth-order valence-electron chi connectivity index (χ4n) is 3.59. The normalized spacial score (nSPS) is 23.2. The minimum Gasteiger partial charge on any atom is -0.497 e. The molecule has 0 aromatic heterocycles. The van der Waals surface area contributed by atoms with Crippen molar-refractivity contribution < 1.29 is 19.1 Å². The molecule has 1 aromatic carbocycles. The van der Waals surface area contributed by atoms with E-state index in [0.717, 1.165) is 24.9 Å². The molecule has 3 rings (SSSR count). The number of hydrogen-bond donors (Lipinski definition) is 1. The Bertz CT molecular complexity index is 609. The molecular weight excluding hydrogens is 308 g/mol. The van der Waals surface area contributed by atoms with E-state index in [1.54, 1.807) is 20.3 Å². The van der Waals surface area contributed by atoms with Crippen LogP contribution in [0.3, 0.4) is 0 Å². The summed E-state index contributed by atoms with van der Waals surface area (Å²) in [5.41, 5.74) is 0.868. The summed E-state index contributed by atoms with van der Waals surface area (Å²) in [7, 11) is 3.19. The minimum atomic E-state index is 0.0765. The summed E-state index contributed by atoms with van der Waals surface area (Å²) in [5, 5.41) is 3.05. The molecule has 6 nitrogen and oxygen atoms in total. The Morgan fingerprint density at radius 3 is 2.58 bits per heavy atom. The van der Waals surface area contributed by atoms with Crippen LogP contribution < -0.4 is 14.8 Å². The summed E-state index contributed by atoms with van der Waals surface area (Å²) in [6.07, 6.45) is 2.81. The number of ether oxygens (including phenoxy) is 2. The van der Waals surface area contributed by atoms with Gasteiger partial charge >= 0.3 is 0 Å². The van der Waals surface area contributed by atoms with Crippen LogP contribution in [0.15, 0.2) is 18.2 Å². The number of nitrogens with one attached hydrogen (secondary N) is 1. The number of amides is 2. The molecule has 2 unspecified atom stereocenters. The van der Waals surface area contributed by atoms with Crippen LogP contribution in [0.4, 0.5) is 0 Å². The van der Waals surface area contributed by atoms with E-state index >= 15 is 0 Å². The van der Waals surface area contributed by atoms with Crippen molar-refractivity contribution in [1.29, 1.82) is 0 Å². The number of carbonyl (C=O) groups excluding carboxylic acids is 2. The average Bonchev–Trinajstić information content (AvgIpc) is 2.89. The number of nitrogens with zero attached hydrogens (tertiary/aromatic N) is 1. The Kier molecular flexibility index (Phi) is 4.92. The molecule has 0 bridgehead atoms. The van der Waals surface area contributed by atoms with Crippen LogP contribution in [0.1, 0.15) is 24.8 Å². The lowest BCUT2D eigenvalue weighted by Gasteiger charge is -2.17. The van der Waals surface area contributed by atoms with Gasteiger partial charge in [0.2, 0.25) is 11.8 Å². The molecule has 0 saturated carbocycles. The van der Waals surface area contributed by atoms with Crippen molar-refractivity contribution in [1.82, 2.24) is 10.2 Å². The second kappa shape index (κ2) is 7.11. The Morgan fingerprint density at radius 1 is 1.21 bits per heavy atom. The summed E-state index contributed by atoms with van der Waals surface area (Å²) >= 11 is 0. The van der Waals surface area contributed by atoms with Crippen molar-refractivity contribution in [2.24, 2.45) is 5.92 Å². The van der Waals surface area contributed by atoms with Gasteiger partial charge in [0.1, 0.15) is 11.5 Å². The summed E-state index contributed by atoms with van der Waals surface area (Å²) in [6, 6.07) is 5.60. The lowest BCUT2D eigenvalue weighted by atomic mass is 9.99. The smallest absolute Gasteiger partial charge is 0.227 e. The van der Waals surface area contributed by atoms with Gasteiger partial charge in [-0.3, -0.25) is 9.59 Å². The summed E-state index contributed by atoms with van der Waals surface area (Å²) in [4.78, 5) is 26.2. The highest BCUT2D eigenvalue weighted by Gasteiger charge is 2.37. The second-order valence-corrected chi connectivity index (χ2v) is 6.52. The van der Waals surface area contributed by atoms with Crippen LogP contribution >= 0.6 is 0 Å². The summed E-state index contributed by atoms with van der Waals surface area (Å²) < 4.78 is 10.5. The van der Waals surface area contributed by atoms with Crippen LogP contribution in [0.25, 0.3) is 0 Å². The first kappa shape index (κ1) is 16.6. The number of rotatable bonds is 4. The number of benzene rings is 1. The van der Waals surface area contributed by atoms with Gasteiger partial charge in [-0.1, -0.05) is 0 Å². The standard InChI is InChI=1S/C18H24N2O4/c1-23-14-6-12(7-15(9-14)24-2)8-18(22)20-10-13-4-3-5-17(21)19-16(13)11-20/h6-7,9,13,16H,3-5,8,10-11H2,1-2H3,(H,19,21). The molecule has 0 radical (unpaired) electrons. The Balaban J connectivity index is 1.66. The van der Waals surface area contributed by atoms with E-state index in [1.165, 1.54) is 0 Å². The first-order valence-electron chi connectivity index (χ1n) is 8.38. The van der Waals surface area contributed by atoms with Crippen molar-refractivity contribution in [2.75, 3.05) is 27.3 Å².